The molecule has 1 aromatic rings. The molecule has 0 aliphatic rings. The molecule has 0 spiro atoms. The van der Waals surface area contributed by atoms with Crippen molar-refractivity contribution in [1.29, 1.82) is 0 Å². The molecule has 1 aromatic carbocycles. The lowest BCUT2D eigenvalue weighted by atomic mass is 10.2. The molecule has 4 heteroatoms. The minimum atomic E-state index is -0.399. The van der Waals surface area contributed by atoms with Crippen LogP contribution in [-0.2, 0) is 4.74 Å². The monoisotopic (exact) mass is 209 g/mol. The molecular weight excluding hydrogens is 194 g/mol. The average molecular weight is 209 g/mol. The molecule has 0 aliphatic carbocycles. The zero-order chi connectivity index (χ0) is 11.1. The molecule has 82 valence electrons. The standard InChI is InChI=1S/C11H15NO3/c1-2-14-10-6-4-3-5-9(10)11(13)15-8-7-12/h3-6H,2,7-8,12H2,1H3. The fourth-order valence-electron chi connectivity index (χ4n) is 1.15. The fourth-order valence-corrected chi connectivity index (χ4v) is 1.15. The van der Waals surface area contributed by atoms with E-state index in [0.29, 0.717) is 24.5 Å². The zero-order valence-electron chi connectivity index (χ0n) is 8.73. The third-order valence-corrected chi connectivity index (χ3v) is 1.76. The Labute approximate surface area is 89.0 Å². The number of hydrogen-bond donors (Lipinski definition) is 1. The van der Waals surface area contributed by atoms with Gasteiger partial charge in [0.05, 0.1) is 6.61 Å². The van der Waals surface area contributed by atoms with Crippen LogP contribution < -0.4 is 10.5 Å². The van der Waals surface area contributed by atoms with Gasteiger partial charge in [-0.3, -0.25) is 0 Å². The van der Waals surface area contributed by atoms with Gasteiger partial charge in [-0.05, 0) is 19.1 Å². The Morgan fingerprint density at radius 3 is 2.80 bits per heavy atom. The number of esters is 1. The first-order valence-corrected chi connectivity index (χ1v) is 4.88. The van der Waals surface area contributed by atoms with E-state index < -0.39 is 5.97 Å². The maximum atomic E-state index is 11.5. The molecule has 0 aliphatic heterocycles. The summed E-state index contributed by atoms with van der Waals surface area (Å²) in [5, 5.41) is 0. The minimum absolute atomic E-state index is 0.222. The zero-order valence-corrected chi connectivity index (χ0v) is 8.73. The van der Waals surface area contributed by atoms with E-state index in [4.69, 9.17) is 15.2 Å². The first kappa shape index (κ1) is 11.5. The maximum Gasteiger partial charge on any atom is 0.341 e. The van der Waals surface area contributed by atoms with Crippen LogP contribution >= 0.6 is 0 Å². The molecule has 0 fully saturated rings. The van der Waals surface area contributed by atoms with Gasteiger partial charge in [0.1, 0.15) is 17.9 Å². The van der Waals surface area contributed by atoms with Gasteiger partial charge in [0, 0.05) is 6.54 Å². The van der Waals surface area contributed by atoms with E-state index in [0.717, 1.165) is 0 Å². The molecule has 4 nitrogen and oxygen atoms in total. The van der Waals surface area contributed by atoms with Crippen LogP contribution in [0.15, 0.2) is 24.3 Å². The second kappa shape index (κ2) is 6.03. The second-order valence-corrected chi connectivity index (χ2v) is 2.85. The van der Waals surface area contributed by atoms with E-state index in [-0.39, 0.29) is 6.61 Å². The summed E-state index contributed by atoms with van der Waals surface area (Å²) in [6.45, 7) is 2.92. The molecule has 0 saturated carbocycles. The SMILES string of the molecule is CCOc1ccccc1C(=O)OCCN. The lowest BCUT2D eigenvalue weighted by molar-refractivity contribution is 0.0512. The summed E-state index contributed by atoms with van der Waals surface area (Å²) < 4.78 is 10.2. The predicted octanol–water partition coefficient (Wildman–Crippen LogP) is 1.20. The molecule has 2 N–H and O–H groups in total. The number of nitrogens with two attached hydrogens (primary N) is 1. The summed E-state index contributed by atoms with van der Waals surface area (Å²) in [5.41, 5.74) is 5.68. The third kappa shape index (κ3) is 3.25. The van der Waals surface area contributed by atoms with Crippen LogP contribution in [-0.4, -0.2) is 25.7 Å². The van der Waals surface area contributed by atoms with Crippen LogP contribution in [0.2, 0.25) is 0 Å². The van der Waals surface area contributed by atoms with Crippen molar-refractivity contribution in [2.45, 2.75) is 6.92 Å². The Morgan fingerprint density at radius 1 is 1.40 bits per heavy atom. The van der Waals surface area contributed by atoms with Gasteiger partial charge in [-0.25, -0.2) is 4.79 Å². The quantitative estimate of drug-likeness (QED) is 0.740. The average Bonchev–Trinajstić information content (AvgIpc) is 2.27. The largest absolute Gasteiger partial charge is 0.493 e. The molecule has 1 rings (SSSR count). The van der Waals surface area contributed by atoms with Gasteiger partial charge in [-0.2, -0.15) is 0 Å². The van der Waals surface area contributed by atoms with Gasteiger partial charge in [0.2, 0.25) is 0 Å². The lowest BCUT2D eigenvalue weighted by Crippen LogP contribution is -2.14. The van der Waals surface area contributed by atoms with E-state index in [1.165, 1.54) is 0 Å². The number of carbonyl (C=O) groups excluding carboxylic acids is 1. The minimum Gasteiger partial charge on any atom is -0.493 e. The highest BCUT2D eigenvalue weighted by Crippen LogP contribution is 2.18. The van der Waals surface area contributed by atoms with Gasteiger partial charge in [0.25, 0.3) is 0 Å². The number of carbonyl (C=O) groups is 1. The van der Waals surface area contributed by atoms with Crippen molar-refractivity contribution < 1.29 is 14.3 Å². The smallest absolute Gasteiger partial charge is 0.341 e. The molecule has 0 saturated heterocycles. The van der Waals surface area contributed by atoms with Crippen LogP contribution in [0, 0.1) is 0 Å². The van der Waals surface area contributed by atoms with Crippen molar-refractivity contribution in [2.24, 2.45) is 5.73 Å². The van der Waals surface area contributed by atoms with Crippen LogP contribution in [0.25, 0.3) is 0 Å². The lowest BCUT2D eigenvalue weighted by Gasteiger charge is -2.08. The third-order valence-electron chi connectivity index (χ3n) is 1.76. The number of benzene rings is 1. The highest BCUT2D eigenvalue weighted by Gasteiger charge is 2.12. The summed E-state index contributed by atoms with van der Waals surface area (Å²) in [6, 6.07) is 6.98. The Hall–Kier alpha value is -1.55. The van der Waals surface area contributed by atoms with Crippen LogP contribution in [0.4, 0.5) is 0 Å². The molecule has 0 heterocycles. The topological polar surface area (TPSA) is 61.5 Å². The highest BCUT2D eigenvalue weighted by atomic mass is 16.5. The first-order valence-electron chi connectivity index (χ1n) is 4.88. The first-order chi connectivity index (χ1) is 7.29. The molecule has 0 radical (unpaired) electrons. The maximum absolute atomic E-state index is 11.5. The van der Waals surface area contributed by atoms with E-state index in [1.807, 2.05) is 13.0 Å². The summed E-state index contributed by atoms with van der Waals surface area (Å²) >= 11 is 0. The van der Waals surface area contributed by atoms with Gasteiger partial charge < -0.3 is 15.2 Å². The van der Waals surface area contributed by atoms with Crippen molar-refractivity contribution in [3.05, 3.63) is 29.8 Å². The molecule has 0 atom stereocenters. The van der Waals surface area contributed by atoms with Crippen molar-refractivity contribution >= 4 is 5.97 Å². The predicted molar refractivity (Wildman–Crippen MR) is 56.9 cm³/mol. The van der Waals surface area contributed by atoms with Crippen LogP contribution in [0.3, 0.4) is 0 Å². The molecule has 0 aromatic heterocycles. The molecule has 15 heavy (non-hydrogen) atoms. The van der Waals surface area contributed by atoms with E-state index in [2.05, 4.69) is 0 Å². The van der Waals surface area contributed by atoms with Crippen molar-refractivity contribution in [2.75, 3.05) is 19.8 Å². The second-order valence-electron chi connectivity index (χ2n) is 2.85. The van der Waals surface area contributed by atoms with Gasteiger partial charge in [-0.1, -0.05) is 12.1 Å². The molecule has 0 unspecified atom stereocenters. The number of hydrogen-bond acceptors (Lipinski definition) is 4. The van der Waals surface area contributed by atoms with E-state index in [9.17, 15) is 4.79 Å². The van der Waals surface area contributed by atoms with Crippen LogP contribution in [0.1, 0.15) is 17.3 Å². The van der Waals surface area contributed by atoms with Crippen LogP contribution in [0.5, 0.6) is 5.75 Å². The fraction of sp³-hybridized carbons (Fsp3) is 0.364. The normalized spacial score (nSPS) is 9.73. The number of ether oxygens (including phenoxy) is 2. The Balaban J connectivity index is 2.77. The Morgan fingerprint density at radius 2 is 2.13 bits per heavy atom. The summed E-state index contributed by atoms with van der Waals surface area (Å²) in [6.07, 6.45) is 0. The number of rotatable bonds is 5. The Bertz CT molecular complexity index is 325. The van der Waals surface area contributed by atoms with E-state index >= 15 is 0 Å². The molecule has 0 amide bonds. The molecule has 0 bridgehead atoms. The summed E-state index contributed by atoms with van der Waals surface area (Å²) in [5.74, 6) is 0.145. The van der Waals surface area contributed by atoms with Crippen molar-refractivity contribution in [3.8, 4) is 5.75 Å². The van der Waals surface area contributed by atoms with Crippen molar-refractivity contribution in [1.82, 2.24) is 0 Å². The number of para-hydroxylation sites is 1. The summed E-state index contributed by atoms with van der Waals surface area (Å²) in [7, 11) is 0. The van der Waals surface area contributed by atoms with Crippen molar-refractivity contribution in [3.63, 3.8) is 0 Å². The molecular formula is C11H15NO3. The van der Waals surface area contributed by atoms with Gasteiger partial charge in [0.15, 0.2) is 0 Å². The van der Waals surface area contributed by atoms with E-state index in [1.54, 1.807) is 18.2 Å². The van der Waals surface area contributed by atoms with Gasteiger partial charge >= 0.3 is 5.97 Å². The summed E-state index contributed by atoms with van der Waals surface area (Å²) in [4.78, 5) is 11.5. The Kier molecular flexibility index (Phi) is 4.63. The van der Waals surface area contributed by atoms with Gasteiger partial charge in [-0.15, -0.1) is 0 Å². The highest BCUT2D eigenvalue weighted by molar-refractivity contribution is 5.92.